The van der Waals surface area contributed by atoms with Crippen molar-refractivity contribution in [2.24, 2.45) is 7.05 Å². The number of aryl methyl sites for hydroxylation is 1. The Hall–Kier alpha value is -4.20. The van der Waals surface area contributed by atoms with E-state index in [9.17, 15) is 27.6 Å². The second-order valence-electron chi connectivity index (χ2n) is 8.76. The van der Waals surface area contributed by atoms with Crippen LogP contribution in [0, 0.1) is 0 Å². The monoisotopic (exact) mass is 528 g/mol. The molecule has 2 aromatic carbocycles. The van der Waals surface area contributed by atoms with Gasteiger partial charge in [-0.3, -0.25) is 4.79 Å². The number of carbonyl (C=O) groups excluding carboxylic acids is 2. The first-order chi connectivity index (χ1) is 17.6. The number of fused-ring (bicyclic) bond motifs is 2. The third-order valence-electron chi connectivity index (χ3n) is 6.76. The molecule has 6 rings (SSSR count). The summed E-state index contributed by atoms with van der Waals surface area (Å²) in [5.41, 5.74) is 0.644. The molecule has 1 aliphatic carbocycles. The molecule has 0 fully saturated rings. The van der Waals surface area contributed by atoms with Gasteiger partial charge >= 0.3 is 23.0 Å². The molecule has 1 aliphatic heterocycles. The zero-order chi connectivity index (χ0) is 26.1. The fraction of sp³-hybridized carbons (Fsp3) is 0.261. The molecule has 0 bridgehead atoms. The number of hydrogen-bond donors (Lipinski definition) is 1. The molecule has 3 heterocycles. The van der Waals surface area contributed by atoms with Crippen LogP contribution in [0.15, 0.2) is 41.2 Å². The Balaban J connectivity index is 1.49. The van der Waals surface area contributed by atoms with E-state index in [0.717, 1.165) is 22.3 Å². The number of thiazole rings is 1. The van der Waals surface area contributed by atoms with Crippen molar-refractivity contribution in [2.75, 3.05) is 0 Å². The highest BCUT2D eigenvalue weighted by atomic mass is 32.1. The molecule has 4 aromatic rings. The quantitative estimate of drug-likeness (QED) is 0.408. The van der Waals surface area contributed by atoms with Gasteiger partial charge in [-0.25, -0.2) is 4.79 Å². The molecule has 2 aliphatic rings. The van der Waals surface area contributed by atoms with Crippen molar-refractivity contribution in [2.45, 2.75) is 31.0 Å². The van der Waals surface area contributed by atoms with E-state index in [0.29, 0.717) is 15.9 Å². The van der Waals surface area contributed by atoms with Gasteiger partial charge in [-0.05, 0) is 36.6 Å². The molecular formula is C23H17F3N7O3S+. The van der Waals surface area contributed by atoms with Crippen LogP contribution >= 0.6 is 11.3 Å². The van der Waals surface area contributed by atoms with Gasteiger partial charge in [-0.2, -0.15) is 32.7 Å². The average Bonchev–Trinajstić information content (AvgIpc) is 3.59. The van der Waals surface area contributed by atoms with Crippen LogP contribution in [0.3, 0.4) is 0 Å². The summed E-state index contributed by atoms with van der Waals surface area (Å²) in [5.74, 6) is -1.76. The summed E-state index contributed by atoms with van der Waals surface area (Å²) in [5, 5.41) is 13.6. The number of nitrogens with zero attached hydrogens (tertiary/aromatic N) is 6. The van der Waals surface area contributed by atoms with Crippen LogP contribution in [-0.4, -0.2) is 52.8 Å². The number of rotatable bonds is 3. The molecule has 10 nitrogen and oxygen atoms in total. The number of halogens is 3. The van der Waals surface area contributed by atoms with E-state index < -0.39 is 35.6 Å². The van der Waals surface area contributed by atoms with Crippen LogP contribution in [0.2, 0.25) is 0 Å². The fourth-order valence-electron chi connectivity index (χ4n) is 5.04. The predicted octanol–water partition coefficient (Wildman–Crippen LogP) is 3.28. The van der Waals surface area contributed by atoms with Gasteiger partial charge in [-0.1, -0.05) is 28.7 Å². The van der Waals surface area contributed by atoms with Crippen LogP contribution in [-0.2, 0) is 24.4 Å². The highest BCUT2D eigenvalue weighted by molar-refractivity contribution is 7.16. The van der Waals surface area contributed by atoms with E-state index in [2.05, 4.69) is 20.6 Å². The third-order valence-corrected chi connectivity index (χ3v) is 7.76. The van der Waals surface area contributed by atoms with Gasteiger partial charge in [0, 0.05) is 18.7 Å². The van der Waals surface area contributed by atoms with Gasteiger partial charge in [0.2, 0.25) is 0 Å². The zero-order valence-electron chi connectivity index (χ0n) is 19.1. The molecule has 37 heavy (non-hydrogen) atoms. The van der Waals surface area contributed by atoms with Gasteiger partial charge < -0.3 is 4.57 Å². The summed E-state index contributed by atoms with van der Waals surface area (Å²) in [7, 11) is 1.64. The zero-order valence-corrected chi connectivity index (χ0v) is 19.9. The summed E-state index contributed by atoms with van der Waals surface area (Å²) in [6.07, 6.45) is -2.99. The molecular weight excluding hydrogens is 511 g/mol. The Bertz CT molecular complexity index is 1670. The largest absolute Gasteiger partial charge is 0.506 e. The van der Waals surface area contributed by atoms with Gasteiger partial charge in [-0.15, -0.1) is 10.2 Å². The van der Waals surface area contributed by atoms with E-state index in [1.54, 1.807) is 25.2 Å². The molecule has 2 unspecified atom stereocenters. The number of nitrogens with one attached hydrogen (secondary N) is 1. The highest BCUT2D eigenvalue weighted by Crippen LogP contribution is 2.44. The minimum Gasteiger partial charge on any atom is -0.302 e. The van der Waals surface area contributed by atoms with Gasteiger partial charge in [0.15, 0.2) is 11.7 Å². The highest BCUT2D eigenvalue weighted by Gasteiger charge is 2.52. The van der Waals surface area contributed by atoms with Crippen LogP contribution < -0.4 is 4.87 Å². The molecule has 14 heteroatoms. The second-order valence-corrected chi connectivity index (χ2v) is 9.76. The topological polar surface area (TPSA) is 117 Å². The summed E-state index contributed by atoms with van der Waals surface area (Å²) in [6.45, 7) is 0. The lowest BCUT2D eigenvalue weighted by Gasteiger charge is -2.27. The molecule has 1 N–H and O–H groups in total. The smallest absolute Gasteiger partial charge is 0.302 e. The van der Waals surface area contributed by atoms with Crippen LogP contribution in [0.5, 0.6) is 0 Å². The predicted molar refractivity (Wildman–Crippen MR) is 125 cm³/mol. The summed E-state index contributed by atoms with van der Waals surface area (Å²) in [4.78, 5) is 40.3. The van der Waals surface area contributed by atoms with E-state index in [4.69, 9.17) is 0 Å². The Kier molecular flexibility index (Phi) is 5.12. The van der Waals surface area contributed by atoms with Crippen molar-refractivity contribution in [1.82, 2.24) is 30.1 Å². The van der Waals surface area contributed by atoms with E-state index in [1.807, 2.05) is 0 Å². The van der Waals surface area contributed by atoms with Gasteiger partial charge in [0.1, 0.15) is 11.7 Å². The van der Waals surface area contributed by atoms with E-state index in [-0.39, 0.29) is 34.7 Å². The second kappa shape index (κ2) is 8.16. The van der Waals surface area contributed by atoms with Gasteiger partial charge in [0.05, 0.1) is 22.0 Å². The normalized spacial score (nSPS) is 20.0. The lowest BCUT2D eigenvalue weighted by molar-refractivity contribution is -0.344. The minimum atomic E-state index is -4.56. The number of benzene rings is 2. The number of alkyl halides is 3. The SMILES string of the molecule is Cn1c(=O)sc2cc([N+]3=CC(c4nn[nH]n4)C(=O)N(C4CCc5c4cccc5C(F)(F)F)C3=O)ccc21. The molecule has 2 atom stereocenters. The number of tetrazole rings is 1. The van der Waals surface area contributed by atoms with E-state index in [1.165, 1.54) is 27.5 Å². The van der Waals surface area contributed by atoms with Crippen LogP contribution in [0.25, 0.3) is 10.2 Å². The number of hydrogen-bond acceptors (Lipinski definition) is 7. The number of H-pyrrole nitrogens is 1. The van der Waals surface area contributed by atoms with Crippen LogP contribution in [0.1, 0.15) is 40.9 Å². The molecule has 2 aromatic heterocycles. The van der Waals surface area contributed by atoms with Crippen molar-refractivity contribution >= 4 is 45.4 Å². The van der Waals surface area contributed by atoms with Gasteiger partial charge in [0.25, 0.3) is 0 Å². The summed E-state index contributed by atoms with van der Waals surface area (Å²) < 4.78 is 44.3. The van der Waals surface area contributed by atoms with Crippen molar-refractivity contribution in [3.05, 3.63) is 68.6 Å². The summed E-state index contributed by atoms with van der Waals surface area (Å²) in [6, 6.07) is 7.16. The van der Waals surface area contributed by atoms with Crippen molar-refractivity contribution < 1.29 is 27.3 Å². The van der Waals surface area contributed by atoms with Crippen molar-refractivity contribution in [3.63, 3.8) is 0 Å². The molecule has 3 amide bonds. The average molecular weight is 528 g/mol. The molecule has 0 saturated carbocycles. The van der Waals surface area contributed by atoms with Crippen molar-refractivity contribution in [1.29, 1.82) is 0 Å². The minimum absolute atomic E-state index is 0.0141. The first-order valence-corrected chi connectivity index (χ1v) is 12.0. The number of amides is 3. The Labute approximate surface area is 209 Å². The number of aromatic amines is 1. The lowest BCUT2D eigenvalue weighted by atomic mass is 9.99. The maximum atomic E-state index is 13.8. The molecule has 188 valence electrons. The molecule has 0 spiro atoms. The van der Waals surface area contributed by atoms with Crippen molar-refractivity contribution in [3.8, 4) is 0 Å². The number of imide groups is 1. The molecule has 0 saturated heterocycles. The lowest BCUT2D eigenvalue weighted by Crippen LogP contribution is -2.50. The standard InChI is InChI=1S/C23H17F3N7O3S/c1-31-17-7-5-11(9-18(17)37-22(31)36)32-10-14(19-27-29-30-28-19)20(34)33(21(32)35)16-8-6-12-13(16)3-2-4-15(12)23(24,25)26/h2-5,7,9-10,14,16H,6,8H2,1H3,(H,27,28,29,30)/q+1. The first kappa shape index (κ1) is 23.2. The number of aromatic nitrogens is 5. The number of carbonyl (C=O) groups is 2. The fourth-order valence-corrected chi connectivity index (χ4v) is 5.95. The summed E-state index contributed by atoms with van der Waals surface area (Å²) >= 11 is 1.01. The Morgan fingerprint density at radius 2 is 1.97 bits per heavy atom. The maximum absolute atomic E-state index is 13.8. The maximum Gasteiger partial charge on any atom is 0.506 e. The number of urea groups is 1. The van der Waals surface area contributed by atoms with E-state index >= 15 is 0 Å². The first-order valence-electron chi connectivity index (χ1n) is 11.2. The Morgan fingerprint density at radius 1 is 1.16 bits per heavy atom. The third kappa shape index (κ3) is 3.58. The van der Waals surface area contributed by atoms with Crippen LogP contribution in [0.4, 0.5) is 23.7 Å². The molecule has 0 radical (unpaired) electrons. The Morgan fingerprint density at radius 3 is 2.70 bits per heavy atom.